The van der Waals surface area contributed by atoms with Gasteiger partial charge in [0.25, 0.3) is 5.91 Å². The summed E-state index contributed by atoms with van der Waals surface area (Å²) >= 11 is 6.52. The van der Waals surface area contributed by atoms with E-state index in [1.807, 2.05) is 54.7 Å². The molecule has 0 aliphatic carbocycles. The van der Waals surface area contributed by atoms with Crippen LogP contribution >= 0.6 is 11.6 Å². The molecule has 2 heterocycles. The van der Waals surface area contributed by atoms with Crippen molar-refractivity contribution in [1.82, 2.24) is 10.3 Å². The first-order chi connectivity index (χ1) is 15.6. The fraction of sp³-hybridized carbons (Fsp3) is 0.0769. The Hall–Kier alpha value is -3.83. The molecule has 5 rings (SSSR count). The van der Waals surface area contributed by atoms with Gasteiger partial charge in [-0.25, -0.2) is 0 Å². The van der Waals surface area contributed by atoms with Crippen LogP contribution in [-0.4, -0.2) is 17.4 Å². The number of nitrogens with one attached hydrogen (secondary N) is 2. The van der Waals surface area contributed by atoms with E-state index in [1.165, 1.54) is 6.07 Å². The van der Waals surface area contributed by atoms with Gasteiger partial charge in [-0.15, -0.1) is 0 Å². The van der Waals surface area contributed by atoms with E-state index in [-0.39, 0.29) is 23.7 Å². The van der Waals surface area contributed by atoms with E-state index < -0.39 is 5.91 Å². The normalized spacial score (nSPS) is 12.2. The molecule has 6 heteroatoms. The predicted octanol–water partition coefficient (Wildman–Crippen LogP) is 5.49. The summed E-state index contributed by atoms with van der Waals surface area (Å²) in [6.07, 6.45) is 1.95. The third-order valence-electron chi connectivity index (χ3n) is 5.60. The van der Waals surface area contributed by atoms with Crippen molar-refractivity contribution in [2.75, 3.05) is 6.54 Å². The lowest BCUT2D eigenvalue weighted by Crippen LogP contribution is -2.29. The number of halogens is 1. The Kier molecular flexibility index (Phi) is 5.25. The van der Waals surface area contributed by atoms with Crippen LogP contribution in [0.15, 0.2) is 94.3 Å². The highest BCUT2D eigenvalue weighted by Gasteiger charge is 2.22. The Labute approximate surface area is 188 Å². The highest BCUT2D eigenvalue weighted by atomic mass is 35.5. The number of para-hydroxylation sites is 2. The van der Waals surface area contributed by atoms with Crippen LogP contribution in [0.25, 0.3) is 21.9 Å². The molecule has 2 N–H and O–H groups in total. The van der Waals surface area contributed by atoms with Crippen molar-refractivity contribution in [3.8, 4) is 0 Å². The molecular weight excluding hydrogens is 424 g/mol. The molecule has 0 radical (unpaired) electrons. The van der Waals surface area contributed by atoms with Crippen LogP contribution in [0.5, 0.6) is 0 Å². The van der Waals surface area contributed by atoms with Gasteiger partial charge < -0.3 is 14.7 Å². The number of H-pyrrole nitrogens is 1. The van der Waals surface area contributed by atoms with E-state index in [9.17, 15) is 9.59 Å². The first-order valence-corrected chi connectivity index (χ1v) is 10.6. The summed E-state index contributed by atoms with van der Waals surface area (Å²) in [6.45, 7) is 0.279. The van der Waals surface area contributed by atoms with Gasteiger partial charge in [-0.1, -0.05) is 60.1 Å². The van der Waals surface area contributed by atoms with E-state index >= 15 is 0 Å². The number of hydrogen-bond donors (Lipinski definition) is 2. The van der Waals surface area contributed by atoms with Crippen molar-refractivity contribution in [3.05, 3.63) is 117 Å². The zero-order valence-corrected chi connectivity index (χ0v) is 17.7. The predicted molar refractivity (Wildman–Crippen MR) is 126 cm³/mol. The molecule has 5 nitrogen and oxygen atoms in total. The maximum absolute atomic E-state index is 12.9. The first-order valence-electron chi connectivity index (χ1n) is 10.2. The van der Waals surface area contributed by atoms with Gasteiger partial charge in [0.2, 0.25) is 0 Å². The lowest BCUT2D eigenvalue weighted by Gasteiger charge is -2.19. The standard InChI is InChI=1S/C26H19ClN2O3/c27-21-10-4-1-7-16(21)19(20-14-28-22-11-5-2-8-17(20)22)15-29-26(31)25-13-23(30)18-9-3-6-12-24(18)32-25/h1-14,19,28H,15H2,(H,29,31)/t19-/m1/s1. The van der Waals surface area contributed by atoms with E-state index in [2.05, 4.69) is 10.3 Å². The van der Waals surface area contributed by atoms with E-state index in [1.54, 1.807) is 24.3 Å². The molecular formula is C26H19ClN2O3. The molecule has 0 fully saturated rings. The zero-order valence-electron chi connectivity index (χ0n) is 17.0. The summed E-state index contributed by atoms with van der Waals surface area (Å²) in [6, 6.07) is 23.7. The van der Waals surface area contributed by atoms with Crippen LogP contribution in [0.4, 0.5) is 0 Å². The number of fused-ring (bicyclic) bond motifs is 2. The van der Waals surface area contributed by atoms with Gasteiger partial charge in [0, 0.05) is 40.7 Å². The maximum atomic E-state index is 12.9. The Bertz CT molecular complexity index is 1500. The Balaban J connectivity index is 1.49. The molecule has 0 aliphatic heterocycles. The van der Waals surface area contributed by atoms with E-state index in [4.69, 9.17) is 16.0 Å². The van der Waals surface area contributed by atoms with Gasteiger partial charge in [-0.3, -0.25) is 9.59 Å². The minimum atomic E-state index is -0.454. The smallest absolute Gasteiger partial charge is 0.287 e. The molecule has 0 unspecified atom stereocenters. The molecule has 1 amide bonds. The highest BCUT2D eigenvalue weighted by molar-refractivity contribution is 6.31. The minimum absolute atomic E-state index is 0.0227. The van der Waals surface area contributed by atoms with Gasteiger partial charge in [-0.05, 0) is 35.4 Å². The number of aromatic amines is 1. The largest absolute Gasteiger partial charge is 0.451 e. The quantitative estimate of drug-likeness (QED) is 0.378. The molecule has 0 spiro atoms. The van der Waals surface area contributed by atoms with Crippen LogP contribution in [-0.2, 0) is 0 Å². The molecule has 158 valence electrons. The summed E-state index contributed by atoms with van der Waals surface area (Å²) in [5.41, 5.74) is 3.06. The molecule has 32 heavy (non-hydrogen) atoms. The molecule has 1 atom stereocenters. The van der Waals surface area contributed by atoms with Gasteiger partial charge in [-0.2, -0.15) is 0 Å². The number of benzene rings is 3. The van der Waals surface area contributed by atoms with Gasteiger partial charge in [0.05, 0.1) is 5.39 Å². The third kappa shape index (κ3) is 3.67. The number of carbonyl (C=O) groups is 1. The number of hydrogen-bond acceptors (Lipinski definition) is 3. The summed E-state index contributed by atoms with van der Waals surface area (Å²) in [5, 5.41) is 5.05. The molecule has 3 aromatic carbocycles. The Morgan fingerprint density at radius 2 is 1.66 bits per heavy atom. The second-order valence-electron chi connectivity index (χ2n) is 7.54. The summed E-state index contributed by atoms with van der Waals surface area (Å²) < 4.78 is 5.68. The Morgan fingerprint density at radius 3 is 2.50 bits per heavy atom. The van der Waals surface area contributed by atoms with Crippen molar-refractivity contribution in [2.24, 2.45) is 0 Å². The number of amides is 1. The first kappa shape index (κ1) is 20.1. The highest BCUT2D eigenvalue weighted by Crippen LogP contribution is 2.34. The minimum Gasteiger partial charge on any atom is -0.451 e. The topological polar surface area (TPSA) is 75.1 Å². The van der Waals surface area contributed by atoms with E-state index in [0.717, 1.165) is 22.0 Å². The number of aromatic nitrogens is 1. The third-order valence-corrected chi connectivity index (χ3v) is 5.95. The van der Waals surface area contributed by atoms with Crippen LogP contribution in [0.1, 0.15) is 27.6 Å². The number of carbonyl (C=O) groups excluding carboxylic acids is 1. The van der Waals surface area contributed by atoms with Gasteiger partial charge in [0.1, 0.15) is 5.58 Å². The number of rotatable bonds is 5. The monoisotopic (exact) mass is 442 g/mol. The SMILES string of the molecule is O=C(NC[C@H](c1ccccc1Cl)c1c[nH]c2ccccc12)c1cc(=O)c2ccccc2o1. The van der Waals surface area contributed by atoms with Crippen LogP contribution in [0.3, 0.4) is 0 Å². The van der Waals surface area contributed by atoms with Crippen molar-refractivity contribution in [3.63, 3.8) is 0 Å². The summed E-state index contributed by atoms with van der Waals surface area (Å²) in [4.78, 5) is 28.6. The average molecular weight is 443 g/mol. The van der Waals surface area contributed by atoms with Crippen molar-refractivity contribution >= 4 is 39.4 Å². The fourth-order valence-corrected chi connectivity index (χ4v) is 4.29. The summed E-state index contributed by atoms with van der Waals surface area (Å²) in [7, 11) is 0. The van der Waals surface area contributed by atoms with E-state index in [0.29, 0.717) is 16.0 Å². The van der Waals surface area contributed by atoms with Crippen molar-refractivity contribution in [2.45, 2.75) is 5.92 Å². The van der Waals surface area contributed by atoms with Gasteiger partial charge >= 0.3 is 0 Å². The van der Waals surface area contributed by atoms with Crippen molar-refractivity contribution in [1.29, 1.82) is 0 Å². The van der Waals surface area contributed by atoms with Crippen LogP contribution < -0.4 is 10.7 Å². The molecule has 0 saturated heterocycles. The van der Waals surface area contributed by atoms with Crippen LogP contribution in [0, 0.1) is 0 Å². The zero-order chi connectivity index (χ0) is 22.1. The molecule has 0 saturated carbocycles. The second kappa shape index (κ2) is 8.36. The maximum Gasteiger partial charge on any atom is 0.287 e. The van der Waals surface area contributed by atoms with Crippen LogP contribution in [0.2, 0.25) is 5.02 Å². The molecule has 0 bridgehead atoms. The lowest BCUT2D eigenvalue weighted by atomic mass is 9.90. The van der Waals surface area contributed by atoms with Gasteiger partial charge in [0.15, 0.2) is 11.2 Å². The average Bonchev–Trinajstić information content (AvgIpc) is 3.24. The molecule has 0 aliphatic rings. The second-order valence-corrected chi connectivity index (χ2v) is 7.95. The summed E-state index contributed by atoms with van der Waals surface area (Å²) in [5.74, 6) is -0.675. The Morgan fingerprint density at radius 1 is 0.938 bits per heavy atom. The molecule has 5 aromatic rings. The lowest BCUT2D eigenvalue weighted by molar-refractivity contribution is 0.0925. The molecule has 2 aromatic heterocycles. The van der Waals surface area contributed by atoms with Crippen molar-refractivity contribution < 1.29 is 9.21 Å². The fourth-order valence-electron chi connectivity index (χ4n) is 4.03.